The van der Waals surface area contributed by atoms with Gasteiger partial charge in [-0.15, -0.1) is 0 Å². The molecule has 0 spiro atoms. The van der Waals surface area contributed by atoms with E-state index in [1.807, 2.05) is 30.3 Å². The van der Waals surface area contributed by atoms with Crippen LogP contribution in [0.25, 0.3) is 0 Å². The molecule has 2 aliphatic rings. The number of rotatable bonds is 2. The molecule has 4 atom stereocenters. The van der Waals surface area contributed by atoms with Crippen molar-refractivity contribution < 1.29 is 5.11 Å². The van der Waals surface area contributed by atoms with Crippen molar-refractivity contribution in [3.05, 3.63) is 70.2 Å². The summed E-state index contributed by atoms with van der Waals surface area (Å²) in [6, 6.07) is 16.2. The van der Waals surface area contributed by atoms with Crippen molar-refractivity contribution in [1.82, 2.24) is 0 Å². The Morgan fingerprint density at radius 3 is 2.27 bits per heavy atom. The zero-order chi connectivity index (χ0) is 15.7. The number of halogens is 1. The molecule has 0 aliphatic heterocycles. The Hall–Kier alpha value is -1.09. The van der Waals surface area contributed by atoms with Gasteiger partial charge in [-0.2, -0.15) is 0 Å². The van der Waals surface area contributed by atoms with E-state index in [0.29, 0.717) is 22.4 Å². The molecule has 0 heterocycles. The molecule has 1 saturated carbocycles. The first-order valence-electron chi connectivity index (χ1n) is 7.93. The Balaban J connectivity index is 1.89. The molecule has 114 valence electrons. The molecular formula is C19H21ClOSi. The van der Waals surface area contributed by atoms with Crippen LogP contribution in [-0.2, 0) is 5.60 Å². The summed E-state index contributed by atoms with van der Waals surface area (Å²) >= 11 is 6.04. The fourth-order valence-corrected chi connectivity index (χ4v) is 7.67. The molecule has 1 nitrogen and oxygen atoms in total. The lowest BCUT2D eigenvalue weighted by molar-refractivity contribution is 0.0624. The number of hydrogen-bond donors (Lipinski definition) is 1. The van der Waals surface area contributed by atoms with Crippen LogP contribution in [0.4, 0.5) is 0 Å². The van der Waals surface area contributed by atoms with Crippen LogP contribution in [0.2, 0.25) is 30.2 Å². The van der Waals surface area contributed by atoms with E-state index in [1.54, 1.807) is 0 Å². The average Bonchev–Trinajstić information content (AvgIpc) is 3.18. The van der Waals surface area contributed by atoms with E-state index in [2.05, 4.69) is 37.8 Å². The summed E-state index contributed by atoms with van der Waals surface area (Å²) in [6.45, 7) is 7.25. The average molecular weight is 329 g/mol. The topological polar surface area (TPSA) is 20.2 Å². The predicted molar refractivity (Wildman–Crippen MR) is 94.2 cm³/mol. The van der Waals surface area contributed by atoms with Crippen molar-refractivity contribution in [3.8, 4) is 0 Å². The zero-order valence-corrected chi connectivity index (χ0v) is 14.9. The van der Waals surface area contributed by atoms with Gasteiger partial charge in [-0.3, -0.25) is 0 Å². The molecule has 0 bridgehead atoms. The lowest BCUT2D eigenvalue weighted by Gasteiger charge is -2.31. The first-order valence-corrected chi connectivity index (χ1v) is 11.9. The van der Waals surface area contributed by atoms with Gasteiger partial charge in [0.25, 0.3) is 0 Å². The van der Waals surface area contributed by atoms with Gasteiger partial charge in [0.15, 0.2) is 0 Å². The Morgan fingerprint density at radius 1 is 1.00 bits per heavy atom. The van der Waals surface area contributed by atoms with E-state index in [9.17, 15) is 5.11 Å². The highest BCUT2D eigenvalue weighted by molar-refractivity contribution is 6.78. The van der Waals surface area contributed by atoms with Crippen LogP contribution < -0.4 is 0 Å². The van der Waals surface area contributed by atoms with Crippen molar-refractivity contribution in [1.29, 1.82) is 0 Å². The maximum Gasteiger partial charge on any atom is 0.118 e. The molecule has 0 amide bonds. The normalized spacial score (nSPS) is 32.5. The van der Waals surface area contributed by atoms with Crippen LogP contribution in [0.3, 0.4) is 0 Å². The SMILES string of the molecule is C[Si](C)(C)[C@@H]1[C@H]2c3ccccc3[C@](O)(c3ccc(Cl)cc3)[C@H]21. The van der Waals surface area contributed by atoms with Crippen molar-refractivity contribution in [3.63, 3.8) is 0 Å². The number of benzene rings is 2. The van der Waals surface area contributed by atoms with Gasteiger partial charge in [-0.25, -0.2) is 0 Å². The summed E-state index contributed by atoms with van der Waals surface area (Å²) in [5.74, 6) is 0.862. The maximum absolute atomic E-state index is 11.7. The van der Waals surface area contributed by atoms with E-state index in [4.69, 9.17) is 11.6 Å². The smallest absolute Gasteiger partial charge is 0.118 e. The van der Waals surface area contributed by atoms with Crippen LogP contribution in [0.5, 0.6) is 0 Å². The standard InChI is InChI=1S/C19H21ClOSi/c1-22(2,3)18-16-14-6-4-5-7-15(14)19(21,17(16)18)12-8-10-13(20)11-9-12/h4-11,16-18,21H,1-3H3/t16-,17+,18+,19+/m0/s1. The minimum Gasteiger partial charge on any atom is -0.380 e. The first-order chi connectivity index (χ1) is 10.3. The second-order valence-electron chi connectivity index (χ2n) is 7.80. The molecule has 3 heteroatoms. The van der Waals surface area contributed by atoms with Crippen LogP contribution in [0.1, 0.15) is 22.6 Å². The third-order valence-corrected chi connectivity index (χ3v) is 8.49. The van der Waals surface area contributed by atoms with Crippen LogP contribution in [0.15, 0.2) is 48.5 Å². The molecule has 2 aromatic rings. The van der Waals surface area contributed by atoms with Crippen molar-refractivity contribution in [2.75, 3.05) is 0 Å². The molecule has 4 rings (SSSR count). The Morgan fingerprint density at radius 2 is 1.64 bits per heavy atom. The largest absolute Gasteiger partial charge is 0.380 e. The zero-order valence-electron chi connectivity index (χ0n) is 13.2. The summed E-state index contributed by atoms with van der Waals surface area (Å²) < 4.78 is 0. The van der Waals surface area contributed by atoms with Crippen LogP contribution >= 0.6 is 11.6 Å². The summed E-state index contributed by atoms with van der Waals surface area (Å²) in [5.41, 5.74) is 3.25. The van der Waals surface area contributed by atoms with Gasteiger partial charge in [0.2, 0.25) is 0 Å². The summed E-state index contributed by atoms with van der Waals surface area (Å²) in [7, 11) is -1.31. The minimum absolute atomic E-state index is 0.331. The van der Waals surface area contributed by atoms with Gasteiger partial charge >= 0.3 is 0 Å². The number of fused-ring (bicyclic) bond motifs is 3. The van der Waals surface area contributed by atoms with Gasteiger partial charge in [0.05, 0.1) is 0 Å². The molecule has 0 saturated heterocycles. The highest BCUT2D eigenvalue weighted by Gasteiger charge is 2.70. The summed E-state index contributed by atoms with van der Waals surface area (Å²) in [6.07, 6.45) is 0. The Labute approximate surface area is 138 Å². The number of hydrogen-bond acceptors (Lipinski definition) is 1. The minimum atomic E-state index is -1.31. The van der Waals surface area contributed by atoms with Gasteiger partial charge < -0.3 is 5.11 Å². The fraction of sp³-hybridized carbons (Fsp3) is 0.368. The molecule has 2 aromatic carbocycles. The summed E-state index contributed by atoms with van der Waals surface area (Å²) in [4.78, 5) is 0. The van der Waals surface area contributed by atoms with Crippen molar-refractivity contribution in [2.45, 2.75) is 36.7 Å². The lowest BCUT2D eigenvalue weighted by atomic mass is 9.84. The molecule has 2 aliphatic carbocycles. The van der Waals surface area contributed by atoms with Gasteiger partial charge in [0, 0.05) is 19.0 Å². The van der Waals surface area contributed by atoms with E-state index in [-0.39, 0.29) is 0 Å². The molecule has 0 radical (unpaired) electrons. The molecule has 1 N–H and O–H groups in total. The number of aliphatic hydroxyl groups is 1. The molecule has 0 aromatic heterocycles. The molecular weight excluding hydrogens is 308 g/mol. The second kappa shape index (κ2) is 4.47. The maximum atomic E-state index is 11.7. The third kappa shape index (κ3) is 1.81. The fourth-order valence-electron chi connectivity index (χ4n) is 4.66. The second-order valence-corrected chi connectivity index (χ2v) is 13.6. The third-order valence-electron chi connectivity index (χ3n) is 5.52. The van der Waals surface area contributed by atoms with Crippen molar-refractivity contribution >= 4 is 19.7 Å². The van der Waals surface area contributed by atoms with E-state index < -0.39 is 13.7 Å². The highest BCUT2D eigenvalue weighted by atomic mass is 35.5. The van der Waals surface area contributed by atoms with Gasteiger partial charge in [0.1, 0.15) is 5.60 Å². The molecule has 22 heavy (non-hydrogen) atoms. The van der Waals surface area contributed by atoms with Crippen molar-refractivity contribution in [2.24, 2.45) is 5.92 Å². The first kappa shape index (κ1) is 14.5. The Bertz CT molecular complexity index is 734. The summed E-state index contributed by atoms with van der Waals surface area (Å²) in [5, 5.41) is 12.4. The highest BCUT2D eigenvalue weighted by Crippen LogP contribution is 2.76. The van der Waals surface area contributed by atoms with Gasteiger partial charge in [-0.1, -0.05) is 67.6 Å². The monoisotopic (exact) mass is 328 g/mol. The van der Waals surface area contributed by atoms with E-state index >= 15 is 0 Å². The molecule has 0 unspecified atom stereocenters. The van der Waals surface area contributed by atoms with Crippen LogP contribution in [0, 0.1) is 5.92 Å². The predicted octanol–water partition coefficient (Wildman–Crippen LogP) is 5.01. The Kier molecular flexibility index (Phi) is 2.94. The molecule has 1 fully saturated rings. The van der Waals surface area contributed by atoms with Crippen LogP contribution in [-0.4, -0.2) is 13.2 Å². The van der Waals surface area contributed by atoms with E-state index in [1.165, 1.54) is 5.56 Å². The van der Waals surface area contributed by atoms with E-state index in [0.717, 1.165) is 11.1 Å². The quantitative estimate of drug-likeness (QED) is 0.768. The lowest BCUT2D eigenvalue weighted by Crippen LogP contribution is -2.33. The van der Waals surface area contributed by atoms with Gasteiger partial charge in [-0.05, 0) is 40.3 Å².